The van der Waals surface area contributed by atoms with Crippen LogP contribution >= 0.6 is 0 Å². The summed E-state index contributed by atoms with van der Waals surface area (Å²) in [6.07, 6.45) is 10.1. The van der Waals surface area contributed by atoms with E-state index in [0.717, 1.165) is 51.3 Å². The highest BCUT2D eigenvalue weighted by atomic mass is 16.5. The Kier molecular flexibility index (Phi) is 5.19. The van der Waals surface area contributed by atoms with Crippen LogP contribution in [0.3, 0.4) is 0 Å². The third-order valence-electron chi connectivity index (χ3n) is 4.89. The molecule has 0 radical (unpaired) electrons. The van der Waals surface area contributed by atoms with Crippen molar-refractivity contribution in [1.29, 1.82) is 0 Å². The van der Waals surface area contributed by atoms with Gasteiger partial charge in [-0.05, 0) is 43.9 Å². The van der Waals surface area contributed by atoms with Crippen molar-refractivity contribution in [3.63, 3.8) is 0 Å². The van der Waals surface area contributed by atoms with Gasteiger partial charge in [0.2, 0.25) is 0 Å². The van der Waals surface area contributed by atoms with E-state index in [1.54, 1.807) is 7.11 Å². The molecule has 0 unspecified atom stereocenters. The maximum absolute atomic E-state index is 6.09. The summed E-state index contributed by atoms with van der Waals surface area (Å²) in [6.45, 7) is 6.34. The van der Waals surface area contributed by atoms with Crippen LogP contribution in [0.4, 0.5) is 0 Å². The van der Waals surface area contributed by atoms with E-state index in [-0.39, 0.29) is 5.60 Å². The van der Waals surface area contributed by atoms with Gasteiger partial charge in [-0.2, -0.15) is 0 Å². The third kappa shape index (κ3) is 4.24. The zero-order valence-corrected chi connectivity index (χ0v) is 14.3. The fraction of sp³-hybridized carbons (Fsp3) is 0.500. The van der Waals surface area contributed by atoms with Gasteiger partial charge in [-0.3, -0.25) is 4.90 Å². The minimum atomic E-state index is 0.0263. The summed E-state index contributed by atoms with van der Waals surface area (Å²) < 4.78 is 11.3. The highest BCUT2D eigenvalue weighted by molar-refractivity contribution is 5.50. The molecule has 2 aliphatic heterocycles. The van der Waals surface area contributed by atoms with Crippen LogP contribution in [0.5, 0.6) is 5.75 Å². The molecule has 1 aromatic rings. The zero-order valence-electron chi connectivity index (χ0n) is 14.3. The Balaban J connectivity index is 1.49. The lowest BCUT2D eigenvalue weighted by Gasteiger charge is -2.42. The van der Waals surface area contributed by atoms with E-state index in [4.69, 9.17) is 9.47 Å². The second-order valence-corrected chi connectivity index (χ2v) is 6.63. The highest BCUT2D eigenvalue weighted by Crippen LogP contribution is 2.32. The number of methoxy groups -OCH3 is 1. The molecule has 3 nitrogen and oxygen atoms in total. The molecule has 3 heteroatoms. The average Bonchev–Trinajstić information content (AvgIpc) is 2.57. The van der Waals surface area contributed by atoms with E-state index in [1.165, 1.54) is 11.1 Å². The number of benzene rings is 1. The van der Waals surface area contributed by atoms with E-state index >= 15 is 0 Å². The first-order valence-electron chi connectivity index (χ1n) is 8.54. The molecule has 0 atom stereocenters. The first kappa shape index (κ1) is 16.3. The molecule has 1 spiro atoms. The molecular formula is C20H27NO2. The van der Waals surface area contributed by atoms with Gasteiger partial charge in [0.1, 0.15) is 5.75 Å². The normalized spacial score (nSPS) is 21.6. The van der Waals surface area contributed by atoms with Crippen molar-refractivity contribution in [1.82, 2.24) is 4.90 Å². The van der Waals surface area contributed by atoms with Crippen molar-refractivity contribution in [2.45, 2.75) is 31.8 Å². The molecular weight excluding hydrogens is 286 g/mol. The second kappa shape index (κ2) is 7.33. The third-order valence-corrected chi connectivity index (χ3v) is 4.89. The molecule has 1 saturated heterocycles. The molecule has 0 aromatic heterocycles. The van der Waals surface area contributed by atoms with Crippen LogP contribution in [0.2, 0.25) is 0 Å². The molecule has 0 N–H and O–H groups in total. The molecule has 3 rings (SSSR count). The van der Waals surface area contributed by atoms with Crippen molar-refractivity contribution in [2.75, 3.05) is 33.4 Å². The van der Waals surface area contributed by atoms with Crippen LogP contribution in [-0.4, -0.2) is 43.9 Å². The predicted octanol–water partition coefficient (Wildman–Crippen LogP) is 3.91. The minimum Gasteiger partial charge on any atom is -0.497 e. The monoisotopic (exact) mass is 313 g/mol. The highest BCUT2D eigenvalue weighted by Gasteiger charge is 2.34. The van der Waals surface area contributed by atoms with E-state index in [1.807, 2.05) is 12.1 Å². The summed E-state index contributed by atoms with van der Waals surface area (Å²) in [5.41, 5.74) is 2.73. The number of piperidine rings is 1. The molecule has 2 heterocycles. The van der Waals surface area contributed by atoms with E-state index in [9.17, 15) is 0 Å². The Morgan fingerprint density at radius 1 is 1.22 bits per heavy atom. The molecule has 0 bridgehead atoms. The minimum absolute atomic E-state index is 0.0263. The van der Waals surface area contributed by atoms with E-state index in [2.05, 4.69) is 42.2 Å². The summed E-state index contributed by atoms with van der Waals surface area (Å²) >= 11 is 0. The molecule has 1 aromatic carbocycles. The molecule has 0 amide bonds. The van der Waals surface area contributed by atoms with Crippen LogP contribution in [-0.2, 0) is 4.74 Å². The van der Waals surface area contributed by atoms with Crippen LogP contribution in [0.1, 0.15) is 31.7 Å². The average molecular weight is 313 g/mol. The summed E-state index contributed by atoms with van der Waals surface area (Å²) in [5.74, 6) is 0.902. The molecule has 0 saturated carbocycles. The van der Waals surface area contributed by atoms with Gasteiger partial charge in [-0.1, -0.05) is 35.9 Å². The number of nitrogens with zero attached hydrogens (tertiary/aromatic N) is 1. The Morgan fingerprint density at radius 2 is 1.96 bits per heavy atom. The number of likely N-dealkylation sites (tertiary alicyclic amines) is 1. The Bertz CT molecular complexity index is 566. The Hall–Kier alpha value is -1.58. The van der Waals surface area contributed by atoms with Gasteiger partial charge in [0.05, 0.1) is 19.3 Å². The standard InChI is InChI=1S/C20H27NO2/c1-17-9-15-23-20(16-17)10-13-21(14-11-20)12-3-4-18-5-7-19(22-2)8-6-18/h3-8,16H,9-15H2,1-2H3/b4-3+. The largest absolute Gasteiger partial charge is 0.497 e. The lowest BCUT2D eigenvalue weighted by Crippen LogP contribution is -2.46. The van der Waals surface area contributed by atoms with Gasteiger partial charge in [0, 0.05) is 19.6 Å². The van der Waals surface area contributed by atoms with Crippen molar-refractivity contribution in [3.05, 3.63) is 47.6 Å². The van der Waals surface area contributed by atoms with Gasteiger partial charge < -0.3 is 9.47 Å². The van der Waals surface area contributed by atoms with Gasteiger partial charge in [0.25, 0.3) is 0 Å². The van der Waals surface area contributed by atoms with Gasteiger partial charge >= 0.3 is 0 Å². The van der Waals surface area contributed by atoms with Gasteiger partial charge in [0.15, 0.2) is 0 Å². The predicted molar refractivity (Wildman–Crippen MR) is 94.8 cm³/mol. The smallest absolute Gasteiger partial charge is 0.118 e. The number of ether oxygens (including phenoxy) is 2. The summed E-state index contributed by atoms with van der Waals surface area (Å²) in [5, 5.41) is 0. The molecule has 2 aliphatic rings. The quantitative estimate of drug-likeness (QED) is 0.787. The lowest BCUT2D eigenvalue weighted by atomic mass is 9.87. The zero-order chi connectivity index (χ0) is 16.1. The molecule has 124 valence electrons. The van der Waals surface area contributed by atoms with Crippen LogP contribution in [0.15, 0.2) is 42.0 Å². The van der Waals surface area contributed by atoms with Gasteiger partial charge in [-0.15, -0.1) is 0 Å². The van der Waals surface area contributed by atoms with Crippen LogP contribution < -0.4 is 4.74 Å². The number of hydrogen-bond acceptors (Lipinski definition) is 3. The second-order valence-electron chi connectivity index (χ2n) is 6.63. The van der Waals surface area contributed by atoms with Crippen molar-refractivity contribution < 1.29 is 9.47 Å². The first-order chi connectivity index (χ1) is 11.2. The molecule has 23 heavy (non-hydrogen) atoms. The van der Waals surface area contributed by atoms with Crippen LogP contribution in [0, 0.1) is 0 Å². The van der Waals surface area contributed by atoms with E-state index in [0.29, 0.717) is 0 Å². The Morgan fingerprint density at radius 3 is 2.61 bits per heavy atom. The summed E-state index contributed by atoms with van der Waals surface area (Å²) in [7, 11) is 1.70. The molecule has 1 fully saturated rings. The van der Waals surface area contributed by atoms with Crippen molar-refractivity contribution >= 4 is 6.08 Å². The number of hydrogen-bond donors (Lipinski definition) is 0. The van der Waals surface area contributed by atoms with E-state index < -0.39 is 0 Å². The lowest BCUT2D eigenvalue weighted by molar-refractivity contribution is -0.0549. The Labute approximate surface area is 139 Å². The summed E-state index contributed by atoms with van der Waals surface area (Å²) in [4.78, 5) is 2.51. The molecule has 0 aliphatic carbocycles. The summed E-state index contributed by atoms with van der Waals surface area (Å²) in [6, 6.07) is 8.17. The SMILES string of the molecule is COc1ccc(/C=C/CN2CCC3(C=C(C)CCO3)CC2)cc1. The first-order valence-corrected chi connectivity index (χ1v) is 8.54. The van der Waals surface area contributed by atoms with Crippen LogP contribution in [0.25, 0.3) is 6.08 Å². The maximum Gasteiger partial charge on any atom is 0.118 e. The maximum atomic E-state index is 6.09. The van der Waals surface area contributed by atoms with Gasteiger partial charge in [-0.25, -0.2) is 0 Å². The fourth-order valence-electron chi connectivity index (χ4n) is 3.43. The topological polar surface area (TPSA) is 21.7 Å². The van der Waals surface area contributed by atoms with Crippen molar-refractivity contribution in [3.8, 4) is 5.75 Å². The number of rotatable bonds is 4. The fourth-order valence-corrected chi connectivity index (χ4v) is 3.43. The van der Waals surface area contributed by atoms with Crippen molar-refractivity contribution in [2.24, 2.45) is 0 Å².